The van der Waals surface area contributed by atoms with Gasteiger partial charge in [-0.3, -0.25) is 4.98 Å². The van der Waals surface area contributed by atoms with Gasteiger partial charge in [-0.2, -0.15) is 0 Å². The lowest BCUT2D eigenvalue weighted by atomic mass is 10.2. The minimum atomic E-state index is -0.767. The molecule has 0 bridgehead atoms. The van der Waals surface area contributed by atoms with Gasteiger partial charge in [0.05, 0.1) is 10.5 Å². The van der Waals surface area contributed by atoms with Gasteiger partial charge in [0.1, 0.15) is 11.6 Å². The third-order valence-electron chi connectivity index (χ3n) is 2.80. The summed E-state index contributed by atoms with van der Waals surface area (Å²) in [5, 5.41) is 1.14. The van der Waals surface area contributed by atoms with Gasteiger partial charge in [0.2, 0.25) is 0 Å². The van der Waals surface area contributed by atoms with Crippen molar-refractivity contribution in [1.82, 2.24) is 4.98 Å². The van der Waals surface area contributed by atoms with Gasteiger partial charge >= 0.3 is 0 Å². The van der Waals surface area contributed by atoms with E-state index in [0.29, 0.717) is 21.7 Å². The maximum Gasteiger partial charge on any atom is 0.168 e. The van der Waals surface area contributed by atoms with Crippen molar-refractivity contribution in [3.63, 3.8) is 0 Å². The monoisotopic (exact) mass is 291 g/mol. The number of nitrogens with zero attached hydrogens (tertiary/aromatic N) is 1. The van der Waals surface area contributed by atoms with Gasteiger partial charge in [-0.1, -0.05) is 17.7 Å². The van der Waals surface area contributed by atoms with E-state index in [1.54, 1.807) is 24.3 Å². The van der Waals surface area contributed by atoms with Gasteiger partial charge in [0.15, 0.2) is 11.6 Å². The molecular weight excluding hydrogens is 284 g/mol. The van der Waals surface area contributed by atoms with Crippen molar-refractivity contribution < 1.29 is 13.5 Å². The number of para-hydroxylation sites is 1. The smallest absolute Gasteiger partial charge is 0.168 e. The van der Waals surface area contributed by atoms with E-state index in [0.717, 1.165) is 12.1 Å². The van der Waals surface area contributed by atoms with E-state index in [9.17, 15) is 8.78 Å². The molecule has 0 aliphatic carbocycles. The molecule has 0 unspecified atom stereocenters. The molecule has 3 aromatic rings. The summed E-state index contributed by atoms with van der Waals surface area (Å²) < 4.78 is 32.0. The molecule has 100 valence electrons. The Labute approximate surface area is 118 Å². The maximum absolute atomic E-state index is 13.6. The molecular formula is C15H8ClF2NO. The molecule has 2 aromatic carbocycles. The molecule has 0 fully saturated rings. The maximum atomic E-state index is 13.6. The van der Waals surface area contributed by atoms with Gasteiger partial charge in [0.25, 0.3) is 0 Å². The van der Waals surface area contributed by atoms with Gasteiger partial charge in [-0.25, -0.2) is 8.78 Å². The summed E-state index contributed by atoms with van der Waals surface area (Å²) in [4.78, 5) is 4.15. The molecule has 0 radical (unpaired) electrons. The lowest BCUT2D eigenvalue weighted by molar-refractivity contribution is 0.441. The molecule has 0 spiro atoms. The first kappa shape index (κ1) is 12.8. The van der Waals surface area contributed by atoms with Crippen LogP contribution in [0, 0.1) is 11.6 Å². The van der Waals surface area contributed by atoms with E-state index in [2.05, 4.69) is 4.98 Å². The Hall–Kier alpha value is -2.20. The van der Waals surface area contributed by atoms with Crippen LogP contribution in [0.5, 0.6) is 11.5 Å². The number of ether oxygens (including phenoxy) is 1. The summed E-state index contributed by atoms with van der Waals surface area (Å²) in [6.07, 6.45) is 1.52. The number of hydrogen-bond donors (Lipinski definition) is 0. The van der Waals surface area contributed by atoms with E-state index in [-0.39, 0.29) is 5.75 Å². The van der Waals surface area contributed by atoms with E-state index in [4.69, 9.17) is 16.3 Å². The standard InChI is InChI=1S/C15H8ClF2NO/c16-11-3-1-2-10-13(6-7-19-15(10)11)20-14-5-4-9(17)8-12(14)18/h1-8H. The number of fused-ring (bicyclic) bond motifs is 1. The second kappa shape index (κ2) is 5.06. The Morgan fingerprint density at radius 3 is 2.65 bits per heavy atom. The molecule has 0 aliphatic heterocycles. The highest BCUT2D eigenvalue weighted by Gasteiger charge is 2.10. The molecule has 0 saturated carbocycles. The average Bonchev–Trinajstić information content (AvgIpc) is 2.43. The first-order chi connectivity index (χ1) is 9.65. The third-order valence-corrected chi connectivity index (χ3v) is 3.10. The van der Waals surface area contributed by atoms with E-state index in [1.165, 1.54) is 12.3 Å². The molecule has 1 aromatic heterocycles. The fourth-order valence-corrected chi connectivity index (χ4v) is 2.10. The van der Waals surface area contributed by atoms with Crippen LogP contribution in [-0.2, 0) is 0 Å². The minimum Gasteiger partial charge on any atom is -0.454 e. The van der Waals surface area contributed by atoms with Crippen molar-refractivity contribution in [3.8, 4) is 11.5 Å². The van der Waals surface area contributed by atoms with Gasteiger partial charge in [-0.15, -0.1) is 0 Å². The predicted octanol–water partition coefficient (Wildman–Crippen LogP) is 4.96. The van der Waals surface area contributed by atoms with Crippen molar-refractivity contribution >= 4 is 22.5 Å². The molecule has 0 amide bonds. The number of pyridine rings is 1. The predicted molar refractivity (Wildman–Crippen MR) is 73.2 cm³/mol. The molecule has 5 heteroatoms. The minimum absolute atomic E-state index is 0.0566. The van der Waals surface area contributed by atoms with Crippen LogP contribution in [0.3, 0.4) is 0 Å². The fraction of sp³-hybridized carbons (Fsp3) is 0. The zero-order valence-corrected chi connectivity index (χ0v) is 10.9. The summed E-state index contributed by atoms with van der Waals surface area (Å²) in [5.41, 5.74) is 0.564. The second-order valence-electron chi connectivity index (χ2n) is 4.12. The summed E-state index contributed by atoms with van der Waals surface area (Å²) in [6, 6.07) is 9.97. The zero-order valence-electron chi connectivity index (χ0n) is 10.1. The highest BCUT2D eigenvalue weighted by molar-refractivity contribution is 6.35. The zero-order chi connectivity index (χ0) is 14.1. The van der Waals surface area contributed by atoms with Crippen LogP contribution < -0.4 is 4.74 Å². The quantitative estimate of drug-likeness (QED) is 0.666. The number of aromatic nitrogens is 1. The molecule has 3 rings (SSSR count). The summed E-state index contributed by atoms with van der Waals surface area (Å²) in [5.74, 6) is -1.07. The Kier molecular flexibility index (Phi) is 3.24. The van der Waals surface area contributed by atoms with E-state index < -0.39 is 11.6 Å². The second-order valence-corrected chi connectivity index (χ2v) is 4.53. The van der Waals surface area contributed by atoms with Crippen molar-refractivity contribution in [3.05, 3.63) is 65.3 Å². The Bertz CT molecular complexity index is 792. The largest absolute Gasteiger partial charge is 0.454 e. The van der Waals surface area contributed by atoms with Crippen molar-refractivity contribution in [1.29, 1.82) is 0 Å². The first-order valence-corrected chi connectivity index (χ1v) is 6.19. The average molecular weight is 292 g/mol. The topological polar surface area (TPSA) is 22.1 Å². The highest BCUT2D eigenvalue weighted by atomic mass is 35.5. The third kappa shape index (κ3) is 2.30. The van der Waals surface area contributed by atoms with Crippen LogP contribution in [0.2, 0.25) is 5.02 Å². The lowest BCUT2D eigenvalue weighted by Gasteiger charge is -2.09. The van der Waals surface area contributed by atoms with Crippen LogP contribution in [0.25, 0.3) is 10.9 Å². The number of hydrogen-bond acceptors (Lipinski definition) is 2. The summed E-state index contributed by atoms with van der Waals surface area (Å²) >= 11 is 6.04. The summed E-state index contributed by atoms with van der Waals surface area (Å²) in [6.45, 7) is 0. The molecule has 0 atom stereocenters. The van der Waals surface area contributed by atoms with Crippen LogP contribution in [0.1, 0.15) is 0 Å². The molecule has 20 heavy (non-hydrogen) atoms. The normalized spacial score (nSPS) is 10.8. The van der Waals surface area contributed by atoms with Crippen LogP contribution in [0.4, 0.5) is 8.78 Å². The summed E-state index contributed by atoms with van der Waals surface area (Å²) in [7, 11) is 0. The van der Waals surface area contributed by atoms with Crippen LogP contribution >= 0.6 is 11.6 Å². The van der Waals surface area contributed by atoms with Gasteiger partial charge in [-0.05, 0) is 30.3 Å². The van der Waals surface area contributed by atoms with Gasteiger partial charge < -0.3 is 4.74 Å². The number of halogens is 3. The molecule has 0 saturated heterocycles. The van der Waals surface area contributed by atoms with Gasteiger partial charge in [0, 0.05) is 17.6 Å². The fourth-order valence-electron chi connectivity index (χ4n) is 1.88. The molecule has 0 aliphatic rings. The SMILES string of the molecule is Fc1ccc(Oc2ccnc3c(Cl)cccc23)c(F)c1. The number of rotatable bonds is 2. The highest BCUT2D eigenvalue weighted by Crippen LogP contribution is 2.32. The van der Waals surface area contributed by atoms with Crippen LogP contribution in [-0.4, -0.2) is 4.98 Å². The van der Waals surface area contributed by atoms with Crippen LogP contribution in [0.15, 0.2) is 48.7 Å². The lowest BCUT2D eigenvalue weighted by Crippen LogP contribution is -1.91. The molecule has 2 nitrogen and oxygen atoms in total. The molecule has 1 heterocycles. The van der Waals surface area contributed by atoms with Crippen molar-refractivity contribution in [2.45, 2.75) is 0 Å². The first-order valence-electron chi connectivity index (χ1n) is 5.81. The Balaban J connectivity index is 2.09. The van der Waals surface area contributed by atoms with E-state index >= 15 is 0 Å². The number of benzene rings is 2. The van der Waals surface area contributed by atoms with E-state index in [1.807, 2.05) is 0 Å². The van der Waals surface area contributed by atoms with Crippen molar-refractivity contribution in [2.24, 2.45) is 0 Å². The van der Waals surface area contributed by atoms with Crippen molar-refractivity contribution in [2.75, 3.05) is 0 Å². The molecule has 0 N–H and O–H groups in total. The Morgan fingerprint density at radius 2 is 1.85 bits per heavy atom. The Morgan fingerprint density at radius 1 is 1.00 bits per heavy atom.